The monoisotopic (exact) mass is 277 g/mol. The Morgan fingerprint density at radius 1 is 1.37 bits per heavy atom. The summed E-state index contributed by atoms with van der Waals surface area (Å²) in [5.41, 5.74) is 4.99. The molecule has 0 aliphatic carbocycles. The number of rotatable bonds is 5. The molecule has 1 N–H and O–H groups in total. The number of nitrogens with one attached hydrogen (secondary N) is 1. The van der Waals surface area contributed by atoms with Crippen LogP contribution in [0.3, 0.4) is 0 Å². The Morgan fingerprint density at radius 3 is 2.74 bits per heavy atom. The molecule has 0 fully saturated rings. The molecule has 2 heterocycles. The van der Waals surface area contributed by atoms with Crippen molar-refractivity contribution in [2.75, 3.05) is 5.32 Å². The lowest BCUT2D eigenvalue weighted by molar-refractivity contribution is 0.649. The van der Waals surface area contributed by atoms with Crippen LogP contribution in [0, 0.1) is 13.8 Å². The van der Waals surface area contributed by atoms with Gasteiger partial charge in [0.05, 0.1) is 5.69 Å². The average Bonchev–Trinajstić information content (AvgIpc) is 2.88. The average molecular weight is 277 g/mol. The van der Waals surface area contributed by atoms with Gasteiger partial charge in [0.1, 0.15) is 0 Å². The van der Waals surface area contributed by atoms with E-state index in [2.05, 4.69) is 55.9 Å². The summed E-state index contributed by atoms with van der Waals surface area (Å²) in [5.74, 6) is 0. The lowest BCUT2D eigenvalue weighted by atomic mass is 10.2. The molecule has 3 nitrogen and oxygen atoms in total. The third kappa shape index (κ3) is 3.00. The lowest BCUT2D eigenvalue weighted by Gasteiger charge is -2.07. The number of nitrogens with zero attached hydrogens (tertiary/aromatic N) is 2. The van der Waals surface area contributed by atoms with E-state index < -0.39 is 0 Å². The first kappa shape index (κ1) is 14.1. The Morgan fingerprint density at radius 2 is 2.11 bits per heavy atom. The lowest BCUT2D eigenvalue weighted by Crippen LogP contribution is -2.09. The van der Waals surface area contributed by atoms with Crippen molar-refractivity contribution in [1.29, 1.82) is 0 Å². The Kier molecular flexibility index (Phi) is 4.30. The molecule has 19 heavy (non-hydrogen) atoms. The zero-order chi connectivity index (χ0) is 14.0. The number of aryl methyl sites for hydroxylation is 1. The predicted octanol–water partition coefficient (Wildman–Crippen LogP) is 4.46. The van der Waals surface area contributed by atoms with Gasteiger partial charge in [-0.15, -0.1) is 11.3 Å². The molecule has 0 saturated carbocycles. The van der Waals surface area contributed by atoms with E-state index in [0.29, 0.717) is 6.04 Å². The first-order chi connectivity index (χ1) is 9.02. The summed E-state index contributed by atoms with van der Waals surface area (Å²) in [5, 5.41) is 6.51. The van der Waals surface area contributed by atoms with Gasteiger partial charge in [-0.05, 0) is 40.2 Å². The van der Waals surface area contributed by atoms with Crippen LogP contribution < -0.4 is 5.32 Å². The second-order valence-electron chi connectivity index (χ2n) is 5.27. The van der Waals surface area contributed by atoms with E-state index in [0.717, 1.165) is 23.8 Å². The van der Waals surface area contributed by atoms with Crippen molar-refractivity contribution in [2.45, 2.75) is 53.6 Å². The van der Waals surface area contributed by atoms with Crippen molar-refractivity contribution in [3.8, 4) is 11.3 Å². The van der Waals surface area contributed by atoms with Gasteiger partial charge in [0.2, 0.25) is 0 Å². The highest BCUT2D eigenvalue weighted by atomic mass is 32.1. The SMILES string of the molecule is CCCn1c(C)cc(-c2csc(NC(C)C)n2)c1C. The topological polar surface area (TPSA) is 29.9 Å². The quantitative estimate of drug-likeness (QED) is 0.874. The highest BCUT2D eigenvalue weighted by molar-refractivity contribution is 7.14. The van der Waals surface area contributed by atoms with Gasteiger partial charge >= 0.3 is 0 Å². The summed E-state index contributed by atoms with van der Waals surface area (Å²) in [7, 11) is 0. The van der Waals surface area contributed by atoms with Gasteiger partial charge in [0.25, 0.3) is 0 Å². The normalized spacial score (nSPS) is 11.3. The third-order valence-corrected chi connectivity index (χ3v) is 3.99. The first-order valence-corrected chi connectivity index (χ1v) is 7.80. The summed E-state index contributed by atoms with van der Waals surface area (Å²) in [6, 6.07) is 2.67. The summed E-state index contributed by atoms with van der Waals surface area (Å²) in [6.07, 6.45) is 1.16. The van der Waals surface area contributed by atoms with Gasteiger partial charge in [0.15, 0.2) is 5.13 Å². The molecule has 2 rings (SSSR count). The molecule has 2 aromatic heterocycles. The van der Waals surface area contributed by atoms with Crippen molar-refractivity contribution in [3.63, 3.8) is 0 Å². The molecule has 0 aliphatic heterocycles. The fourth-order valence-electron chi connectivity index (χ4n) is 2.34. The second kappa shape index (κ2) is 5.78. The molecule has 0 amide bonds. The van der Waals surface area contributed by atoms with Crippen LogP contribution in [0.4, 0.5) is 5.13 Å². The molecular formula is C15H23N3S. The molecule has 0 spiro atoms. The van der Waals surface area contributed by atoms with Crippen LogP contribution >= 0.6 is 11.3 Å². The maximum atomic E-state index is 4.69. The van der Waals surface area contributed by atoms with Gasteiger partial charge < -0.3 is 9.88 Å². The Balaban J connectivity index is 2.31. The summed E-state index contributed by atoms with van der Waals surface area (Å²) < 4.78 is 2.38. The number of anilines is 1. The summed E-state index contributed by atoms with van der Waals surface area (Å²) in [4.78, 5) is 4.69. The Bertz CT molecular complexity index is 552. The second-order valence-corrected chi connectivity index (χ2v) is 6.13. The minimum absolute atomic E-state index is 0.423. The van der Waals surface area contributed by atoms with Crippen LogP contribution in [0.15, 0.2) is 11.4 Å². The van der Waals surface area contributed by atoms with E-state index in [1.54, 1.807) is 11.3 Å². The molecule has 0 aliphatic rings. The summed E-state index contributed by atoms with van der Waals surface area (Å²) in [6.45, 7) is 11.9. The molecular weight excluding hydrogens is 254 g/mol. The molecule has 2 aromatic rings. The van der Waals surface area contributed by atoms with Crippen LogP contribution in [0.5, 0.6) is 0 Å². The Hall–Kier alpha value is -1.29. The minimum atomic E-state index is 0.423. The number of hydrogen-bond acceptors (Lipinski definition) is 3. The third-order valence-electron chi connectivity index (χ3n) is 3.21. The van der Waals surface area contributed by atoms with Crippen molar-refractivity contribution >= 4 is 16.5 Å². The van der Waals surface area contributed by atoms with Crippen molar-refractivity contribution in [2.24, 2.45) is 0 Å². The fraction of sp³-hybridized carbons (Fsp3) is 0.533. The van der Waals surface area contributed by atoms with E-state index in [4.69, 9.17) is 4.98 Å². The van der Waals surface area contributed by atoms with E-state index in [-0.39, 0.29) is 0 Å². The molecule has 0 saturated heterocycles. The summed E-state index contributed by atoms with van der Waals surface area (Å²) >= 11 is 1.68. The van der Waals surface area contributed by atoms with Crippen LogP contribution in [0.1, 0.15) is 38.6 Å². The highest BCUT2D eigenvalue weighted by Gasteiger charge is 2.13. The molecule has 0 atom stereocenters. The van der Waals surface area contributed by atoms with Crippen molar-refractivity contribution in [1.82, 2.24) is 9.55 Å². The standard InChI is InChI=1S/C15H23N3S/c1-6-7-18-11(4)8-13(12(18)5)14-9-19-15(17-14)16-10(2)3/h8-10H,6-7H2,1-5H3,(H,16,17). The zero-order valence-corrected chi connectivity index (χ0v) is 13.3. The van der Waals surface area contributed by atoms with E-state index in [9.17, 15) is 0 Å². The van der Waals surface area contributed by atoms with Crippen LogP contribution in [0.25, 0.3) is 11.3 Å². The molecule has 0 unspecified atom stereocenters. The van der Waals surface area contributed by atoms with Gasteiger partial charge in [-0.1, -0.05) is 6.92 Å². The van der Waals surface area contributed by atoms with Crippen LogP contribution in [-0.4, -0.2) is 15.6 Å². The Labute approximate surface area is 119 Å². The maximum Gasteiger partial charge on any atom is 0.183 e. The van der Waals surface area contributed by atoms with E-state index in [1.165, 1.54) is 17.0 Å². The number of thiazole rings is 1. The van der Waals surface area contributed by atoms with Crippen LogP contribution in [-0.2, 0) is 6.54 Å². The smallest absolute Gasteiger partial charge is 0.183 e. The number of aromatic nitrogens is 2. The maximum absolute atomic E-state index is 4.69. The molecule has 0 bridgehead atoms. The fourth-order valence-corrected chi connectivity index (χ4v) is 3.20. The van der Waals surface area contributed by atoms with Gasteiger partial charge in [-0.25, -0.2) is 4.98 Å². The van der Waals surface area contributed by atoms with Gasteiger partial charge in [0, 0.05) is 34.9 Å². The molecule has 0 aromatic carbocycles. The largest absolute Gasteiger partial charge is 0.359 e. The van der Waals surface area contributed by atoms with Crippen molar-refractivity contribution < 1.29 is 0 Å². The predicted molar refractivity (Wildman–Crippen MR) is 84.1 cm³/mol. The molecule has 0 radical (unpaired) electrons. The minimum Gasteiger partial charge on any atom is -0.359 e. The van der Waals surface area contributed by atoms with Gasteiger partial charge in [-0.2, -0.15) is 0 Å². The van der Waals surface area contributed by atoms with Gasteiger partial charge in [-0.3, -0.25) is 0 Å². The zero-order valence-electron chi connectivity index (χ0n) is 12.4. The highest BCUT2D eigenvalue weighted by Crippen LogP contribution is 2.30. The van der Waals surface area contributed by atoms with Crippen LogP contribution in [0.2, 0.25) is 0 Å². The molecule has 4 heteroatoms. The first-order valence-electron chi connectivity index (χ1n) is 6.92. The van der Waals surface area contributed by atoms with Crippen molar-refractivity contribution in [3.05, 3.63) is 22.8 Å². The van der Waals surface area contributed by atoms with E-state index >= 15 is 0 Å². The number of hydrogen-bond donors (Lipinski definition) is 1. The molecule has 104 valence electrons. The van der Waals surface area contributed by atoms with E-state index in [1.807, 2.05) is 0 Å².